The van der Waals surface area contributed by atoms with Gasteiger partial charge in [0, 0.05) is 6.42 Å². The van der Waals surface area contributed by atoms with E-state index in [0.29, 0.717) is 11.8 Å². The van der Waals surface area contributed by atoms with Gasteiger partial charge in [-0.25, -0.2) is 0 Å². The predicted molar refractivity (Wildman–Crippen MR) is 100 cm³/mol. The van der Waals surface area contributed by atoms with Crippen LogP contribution in [0.2, 0.25) is 0 Å². The first-order valence-corrected chi connectivity index (χ1v) is 11.7. The van der Waals surface area contributed by atoms with Crippen LogP contribution in [-0.4, -0.2) is 18.9 Å². The number of carbonyl (C=O) groups excluding carboxylic acids is 1. The van der Waals surface area contributed by atoms with E-state index >= 15 is 0 Å². The molecule has 0 radical (unpaired) electrons. The van der Waals surface area contributed by atoms with Gasteiger partial charge in [-0.3, -0.25) is 4.79 Å². The number of ether oxygens (including phenoxy) is 2. The molecule has 0 N–H and O–H groups in total. The first-order valence-electron chi connectivity index (χ1n) is 11.7. The molecule has 13 unspecified atom stereocenters. The standard InChI is InChI=1S/C24H32O3/c1-11-14-9-15(19(11)24(25)27-18-4-2-3-7-26-18)23-17-10-16(22(14)23)20-12-5-6-13(8-12)21(17)20/h5-6,11-23H,2-4,7-10H2,1H3. The van der Waals surface area contributed by atoms with Gasteiger partial charge in [0.25, 0.3) is 0 Å². The highest BCUT2D eigenvalue weighted by Gasteiger charge is 2.73. The Kier molecular flexibility index (Phi) is 3.21. The lowest BCUT2D eigenvalue weighted by atomic mass is 9.57. The first-order chi connectivity index (χ1) is 13.2. The van der Waals surface area contributed by atoms with Crippen molar-refractivity contribution in [3.05, 3.63) is 12.2 Å². The summed E-state index contributed by atoms with van der Waals surface area (Å²) in [5.41, 5.74) is 0. The molecule has 7 rings (SSSR count). The molecule has 27 heavy (non-hydrogen) atoms. The Morgan fingerprint density at radius 3 is 2.30 bits per heavy atom. The van der Waals surface area contributed by atoms with E-state index in [1.807, 2.05) is 0 Å². The number of esters is 1. The summed E-state index contributed by atoms with van der Waals surface area (Å²) >= 11 is 0. The number of allylic oxidation sites excluding steroid dienone is 2. The monoisotopic (exact) mass is 368 g/mol. The molecule has 13 atom stereocenters. The van der Waals surface area contributed by atoms with Gasteiger partial charge < -0.3 is 9.47 Å². The molecular weight excluding hydrogens is 336 g/mol. The number of hydrogen-bond acceptors (Lipinski definition) is 3. The number of hydrogen-bond donors (Lipinski definition) is 0. The van der Waals surface area contributed by atoms with Gasteiger partial charge in [-0.15, -0.1) is 0 Å². The maximum absolute atomic E-state index is 13.2. The second-order valence-corrected chi connectivity index (χ2v) is 11.0. The van der Waals surface area contributed by atoms with Crippen molar-refractivity contribution in [1.29, 1.82) is 0 Å². The zero-order chi connectivity index (χ0) is 17.9. The van der Waals surface area contributed by atoms with Gasteiger partial charge >= 0.3 is 5.97 Å². The van der Waals surface area contributed by atoms with Crippen LogP contribution < -0.4 is 0 Å². The molecule has 0 aromatic rings. The number of fused-ring (bicyclic) bond motifs is 16. The quantitative estimate of drug-likeness (QED) is 0.415. The SMILES string of the molecule is CC1C2CC(C1C(=O)OC1CCCCO1)C1C3CC(C4C5C=CC(C5)C34)C21. The lowest BCUT2D eigenvalue weighted by molar-refractivity contribution is -0.196. The Balaban J connectivity index is 1.15. The van der Waals surface area contributed by atoms with E-state index in [4.69, 9.17) is 9.47 Å². The summed E-state index contributed by atoms with van der Waals surface area (Å²) in [6.07, 6.45) is 12.2. The molecule has 0 aromatic carbocycles. The van der Waals surface area contributed by atoms with Gasteiger partial charge in [0.05, 0.1) is 12.5 Å². The number of rotatable bonds is 2. The number of carbonyl (C=O) groups is 1. The van der Waals surface area contributed by atoms with Gasteiger partial charge in [0.1, 0.15) is 0 Å². The predicted octanol–water partition coefficient (Wildman–Crippen LogP) is 4.28. The van der Waals surface area contributed by atoms with E-state index in [-0.39, 0.29) is 18.2 Å². The molecule has 1 saturated heterocycles. The topological polar surface area (TPSA) is 35.5 Å². The fraction of sp³-hybridized carbons (Fsp3) is 0.875. The second-order valence-electron chi connectivity index (χ2n) is 11.0. The second kappa shape index (κ2) is 5.40. The molecule has 5 saturated carbocycles. The van der Waals surface area contributed by atoms with Crippen LogP contribution in [-0.2, 0) is 14.3 Å². The molecule has 3 nitrogen and oxygen atoms in total. The minimum atomic E-state index is -0.270. The molecule has 146 valence electrons. The summed E-state index contributed by atoms with van der Waals surface area (Å²) in [7, 11) is 0. The Labute approximate surface area is 162 Å². The smallest absolute Gasteiger partial charge is 0.311 e. The van der Waals surface area contributed by atoms with E-state index in [2.05, 4.69) is 19.1 Å². The Morgan fingerprint density at radius 2 is 1.59 bits per heavy atom. The fourth-order valence-corrected chi connectivity index (χ4v) is 9.97. The van der Waals surface area contributed by atoms with Crippen molar-refractivity contribution in [2.24, 2.45) is 71.0 Å². The lowest BCUT2D eigenvalue weighted by Crippen LogP contribution is -2.46. The maximum Gasteiger partial charge on any atom is 0.311 e. The molecular formula is C24H32O3. The van der Waals surface area contributed by atoms with Crippen molar-refractivity contribution in [2.75, 3.05) is 6.61 Å². The van der Waals surface area contributed by atoms with Crippen molar-refractivity contribution in [3.8, 4) is 0 Å². The van der Waals surface area contributed by atoms with E-state index in [0.717, 1.165) is 79.1 Å². The van der Waals surface area contributed by atoms with Gasteiger partial charge in [-0.2, -0.15) is 0 Å². The van der Waals surface area contributed by atoms with E-state index < -0.39 is 0 Å². The highest BCUT2D eigenvalue weighted by Crippen LogP contribution is 2.77. The Hall–Kier alpha value is -0.830. The summed E-state index contributed by atoms with van der Waals surface area (Å²) in [5.74, 6) is 9.49. The van der Waals surface area contributed by atoms with Crippen molar-refractivity contribution in [3.63, 3.8) is 0 Å². The molecule has 0 aromatic heterocycles. The van der Waals surface area contributed by atoms with E-state index in [9.17, 15) is 4.79 Å². The molecule has 1 heterocycles. The third-order valence-corrected chi connectivity index (χ3v) is 10.4. The van der Waals surface area contributed by atoms with Crippen LogP contribution in [0.4, 0.5) is 0 Å². The Bertz CT molecular complexity index is 694. The van der Waals surface area contributed by atoms with E-state index in [1.165, 1.54) is 19.3 Å². The van der Waals surface area contributed by atoms with Crippen LogP contribution in [0.1, 0.15) is 45.4 Å². The molecule has 0 spiro atoms. The zero-order valence-corrected chi connectivity index (χ0v) is 16.3. The average Bonchev–Trinajstić information content (AvgIpc) is 3.46. The summed E-state index contributed by atoms with van der Waals surface area (Å²) < 4.78 is 11.6. The lowest BCUT2D eigenvalue weighted by Gasteiger charge is -2.47. The van der Waals surface area contributed by atoms with Gasteiger partial charge in [-0.05, 0) is 97.2 Å². The normalized spacial score (nSPS) is 61.4. The molecule has 6 fully saturated rings. The van der Waals surface area contributed by atoms with Crippen LogP contribution in [0.5, 0.6) is 0 Å². The minimum Gasteiger partial charge on any atom is -0.436 e. The Morgan fingerprint density at radius 1 is 0.889 bits per heavy atom. The highest BCUT2D eigenvalue weighted by molar-refractivity contribution is 5.74. The van der Waals surface area contributed by atoms with Gasteiger partial charge in [0.2, 0.25) is 6.29 Å². The largest absolute Gasteiger partial charge is 0.436 e. The average molecular weight is 369 g/mol. The molecule has 7 aliphatic rings. The van der Waals surface area contributed by atoms with E-state index in [1.54, 1.807) is 0 Å². The van der Waals surface area contributed by atoms with Crippen LogP contribution in [0.15, 0.2) is 12.2 Å². The van der Waals surface area contributed by atoms with Gasteiger partial charge in [0.15, 0.2) is 0 Å². The molecule has 1 aliphatic heterocycles. The molecule has 6 aliphatic carbocycles. The molecule has 3 heteroatoms. The summed E-state index contributed by atoms with van der Waals surface area (Å²) in [6.45, 7) is 3.11. The zero-order valence-electron chi connectivity index (χ0n) is 16.3. The third-order valence-electron chi connectivity index (χ3n) is 10.4. The van der Waals surface area contributed by atoms with Crippen LogP contribution in [0.25, 0.3) is 0 Å². The minimum absolute atomic E-state index is 0.0764. The van der Waals surface area contributed by atoms with Crippen LogP contribution in [0, 0.1) is 71.0 Å². The fourth-order valence-electron chi connectivity index (χ4n) is 9.97. The van der Waals surface area contributed by atoms with Crippen LogP contribution >= 0.6 is 0 Å². The van der Waals surface area contributed by atoms with Gasteiger partial charge in [-0.1, -0.05) is 19.1 Å². The van der Waals surface area contributed by atoms with Crippen molar-refractivity contribution >= 4 is 5.97 Å². The highest BCUT2D eigenvalue weighted by atomic mass is 16.7. The molecule has 0 amide bonds. The summed E-state index contributed by atoms with van der Waals surface area (Å²) in [6, 6.07) is 0. The van der Waals surface area contributed by atoms with Crippen LogP contribution in [0.3, 0.4) is 0 Å². The van der Waals surface area contributed by atoms with Crippen molar-refractivity contribution < 1.29 is 14.3 Å². The first kappa shape index (κ1) is 16.0. The maximum atomic E-state index is 13.2. The van der Waals surface area contributed by atoms with Crippen molar-refractivity contribution in [2.45, 2.75) is 51.7 Å². The summed E-state index contributed by atoms with van der Waals surface area (Å²) in [4.78, 5) is 13.2. The third kappa shape index (κ3) is 1.91. The molecule has 6 bridgehead atoms. The van der Waals surface area contributed by atoms with Crippen molar-refractivity contribution in [1.82, 2.24) is 0 Å². The summed E-state index contributed by atoms with van der Waals surface area (Å²) in [5, 5.41) is 0.